The number of carbonyl (C=O) groups excluding carboxylic acids is 2. The van der Waals surface area contributed by atoms with Crippen LogP contribution in [0, 0.1) is 29.1 Å². The number of fused-ring (bicyclic) bond motifs is 1. The maximum Gasteiger partial charge on any atom is 0.224 e. The molecule has 2 aromatic rings. The number of aliphatic hydroxyl groups is 1. The van der Waals surface area contributed by atoms with Gasteiger partial charge in [0.15, 0.2) is 0 Å². The number of nitrogens with one attached hydrogen (secondary N) is 2. The van der Waals surface area contributed by atoms with Gasteiger partial charge >= 0.3 is 0 Å². The average Bonchev–Trinajstić information content (AvgIpc) is 2.85. The Morgan fingerprint density at radius 1 is 1.00 bits per heavy atom. The highest BCUT2D eigenvalue weighted by molar-refractivity contribution is 5.79. The molecule has 0 aliphatic heterocycles. The van der Waals surface area contributed by atoms with Crippen molar-refractivity contribution >= 4 is 11.8 Å². The zero-order chi connectivity index (χ0) is 25.0. The second-order valence-electron chi connectivity index (χ2n) is 11.1. The largest absolute Gasteiger partial charge is 0.392 e. The van der Waals surface area contributed by atoms with Crippen LogP contribution in [0.25, 0.3) is 0 Å². The highest BCUT2D eigenvalue weighted by Crippen LogP contribution is 2.55. The molecule has 0 saturated heterocycles. The Hall–Kier alpha value is -2.66. The number of rotatable bonds is 7. The summed E-state index contributed by atoms with van der Waals surface area (Å²) in [6.45, 7) is 6.90. The van der Waals surface area contributed by atoms with Gasteiger partial charge in [0.25, 0.3) is 0 Å². The zero-order valence-corrected chi connectivity index (χ0v) is 21.2. The first-order valence-electron chi connectivity index (χ1n) is 13.1. The van der Waals surface area contributed by atoms with Gasteiger partial charge in [-0.2, -0.15) is 0 Å². The first-order valence-corrected chi connectivity index (χ1v) is 13.1. The summed E-state index contributed by atoms with van der Waals surface area (Å²) in [7, 11) is 0. The predicted molar refractivity (Wildman–Crippen MR) is 138 cm³/mol. The highest BCUT2D eigenvalue weighted by Gasteiger charge is 2.53. The summed E-state index contributed by atoms with van der Waals surface area (Å²) < 4.78 is 0. The predicted octanol–water partition coefficient (Wildman–Crippen LogP) is 4.49. The Morgan fingerprint density at radius 3 is 2.26 bits per heavy atom. The third kappa shape index (κ3) is 5.78. The van der Waals surface area contributed by atoms with Gasteiger partial charge in [0.05, 0.1) is 12.5 Å². The van der Waals surface area contributed by atoms with E-state index >= 15 is 0 Å². The van der Waals surface area contributed by atoms with E-state index in [9.17, 15) is 14.7 Å². The van der Waals surface area contributed by atoms with E-state index in [4.69, 9.17) is 0 Å². The molecule has 188 valence electrons. The number of hydrogen-bond acceptors (Lipinski definition) is 3. The molecule has 35 heavy (non-hydrogen) atoms. The van der Waals surface area contributed by atoms with Crippen molar-refractivity contribution in [2.24, 2.45) is 29.1 Å². The van der Waals surface area contributed by atoms with Gasteiger partial charge in [0.2, 0.25) is 11.8 Å². The standard InChI is InChI=1S/C30H40N2O3/c1-20(29(35)31-19-23-12-8-5-9-13-23)24-14-16-30(3)17-15-25(21(2)27(30)28(24)34)32-26(33)18-22-10-6-4-7-11-22/h4-13,20-21,24-25,27-28,34H,14-19H2,1-3H3,(H,31,35)(H,32,33)/t20-,21+,24+,25-,27+,28-,30-/m0/s1. The molecule has 2 saturated carbocycles. The van der Waals surface area contributed by atoms with Gasteiger partial charge in [-0.05, 0) is 60.0 Å². The minimum atomic E-state index is -0.560. The monoisotopic (exact) mass is 476 g/mol. The molecule has 0 bridgehead atoms. The van der Waals surface area contributed by atoms with E-state index < -0.39 is 6.10 Å². The van der Waals surface area contributed by atoms with Crippen molar-refractivity contribution in [1.29, 1.82) is 0 Å². The number of hydrogen-bond donors (Lipinski definition) is 3. The van der Waals surface area contributed by atoms with E-state index in [2.05, 4.69) is 24.5 Å². The summed E-state index contributed by atoms with van der Waals surface area (Å²) in [6, 6.07) is 19.7. The lowest BCUT2D eigenvalue weighted by molar-refractivity contribution is -0.143. The molecule has 2 fully saturated rings. The van der Waals surface area contributed by atoms with E-state index in [-0.39, 0.29) is 46.9 Å². The van der Waals surface area contributed by atoms with E-state index in [1.165, 1.54) is 0 Å². The molecule has 3 N–H and O–H groups in total. The van der Waals surface area contributed by atoms with Crippen LogP contribution in [-0.2, 0) is 22.6 Å². The normalized spacial score (nSPS) is 31.1. The molecular formula is C30H40N2O3. The molecule has 2 aromatic carbocycles. The van der Waals surface area contributed by atoms with Crippen molar-refractivity contribution in [2.75, 3.05) is 0 Å². The van der Waals surface area contributed by atoms with Gasteiger partial charge in [-0.3, -0.25) is 9.59 Å². The Morgan fingerprint density at radius 2 is 1.60 bits per heavy atom. The van der Waals surface area contributed by atoms with Crippen molar-refractivity contribution < 1.29 is 14.7 Å². The van der Waals surface area contributed by atoms with Gasteiger partial charge in [-0.1, -0.05) is 81.4 Å². The molecule has 7 atom stereocenters. The molecule has 0 unspecified atom stereocenters. The number of amides is 2. The number of benzene rings is 2. The Labute approximate surface area is 209 Å². The second kappa shape index (κ2) is 10.9. The van der Waals surface area contributed by atoms with Gasteiger partial charge in [-0.25, -0.2) is 0 Å². The first-order chi connectivity index (χ1) is 16.8. The van der Waals surface area contributed by atoms with Crippen molar-refractivity contribution in [3.05, 3.63) is 71.8 Å². The van der Waals surface area contributed by atoms with E-state index in [0.717, 1.165) is 36.8 Å². The summed E-state index contributed by atoms with van der Waals surface area (Å²) in [6.07, 6.45) is 3.58. The minimum absolute atomic E-state index is 0.00215. The Balaban J connectivity index is 1.39. The van der Waals surface area contributed by atoms with Crippen LogP contribution in [0.4, 0.5) is 0 Å². The molecule has 2 aliphatic carbocycles. The molecule has 0 spiro atoms. The van der Waals surface area contributed by atoms with Crippen molar-refractivity contribution in [2.45, 2.75) is 71.6 Å². The van der Waals surface area contributed by atoms with Crippen LogP contribution < -0.4 is 10.6 Å². The molecular weight excluding hydrogens is 436 g/mol. The molecule has 5 heteroatoms. The summed E-state index contributed by atoms with van der Waals surface area (Å²) in [5.74, 6) is -0.110. The fourth-order valence-electron chi connectivity index (χ4n) is 6.68. The van der Waals surface area contributed by atoms with Crippen LogP contribution in [0.2, 0.25) is 0 Å². The number of aliphatic hydroxyl groups excluding tert-OH is 1. The first kappa shape index (κ1) is 25.4. The second-order valence-corrected chi connectivity index (χ2v) is 11.1. The third-order valence-electron chi connectivity index (χ3n) is 8.81. The molecule has 0 aromatic heterocycles. The summed E-state index contributed by atoms with van der Waals surface area (Å²) >= 11 is 0. The van der Waals surface area contributed by atoms with Gasteiger partial charge in [0.1, 0.15) is 0 Å². The van der Waals surface area contributed by atoms with Crippen molar-refractivity contribution in [3.8, 4) is 0 Å². The lowest BCUT2D eigenvalue weighted by Gasteiger charge is -2.56. The number of carbonyl (C=O) groups is 2. The maximum absolute atomic E-state index is 13.0. The van der Waals surface area contributed by atoms with Crippen LogP contribution in [0.15, 0.2) is 60.7 Å². The highest BCUT2D eigenvalue weighted by atomic mass is 16.3. The molecule has 2 amide bonds. The van der Waals surface area contributed by atoms with Gasteiger partial charge < -0.3 is 15.7 Å². The SMILES string of the molecule is C[C@H]1[C@@H]2[C@@H](O)[C@@H]([C@H](C)C(=O)NCc3ccccc3)CC[C@@]2(C)CC[C@@H]1NC(=O)Cc1ccccc1. The summed E-state index contributed by atoms with van der Waals surface area (Å²) in [5, 5.41) is 17.9. The molecule has 2 aliphatic rings. The quantitative estimate of drug-likeness (QED) is 0.551. The van der Waals surface area contributed by atoms with Crippen molar-refractivity contribution in [3.63, 3.8) is 0 Å². The third-order valence-corrected chi connectivity index (χ3v) is 8.81. The molecule has 4 rings (SSSR count). The molecule has 0 radical (unpaired) electrons. The van der Waals surface area contributed by atoms with Gasteiger partial charge in [0, 0.05) is 18.5 Å². The van der Waals surface area contributed by atoms with E-state index in [1.54, 1.807) is 0 Å². The summed E-state index contributed by atoms with van der Waals surface area (Å²) in [4.78, 5) is 25.8. The lowest BCUT2D eigenvalue weighted by Crippen LogP contribution is -2.58. The van der Waals surface area contributed by atoms with E-state index in [1.807, 2.05) is 67.6 Å². The minimum Gasteiger partial charge on any atom is -0.392 e. The molecule has 5 nitrogen and oxygen atoms in total. The summed E-state index contributed by atoms with van der Waals surface area (Å²) in [5.41, 5.74) is 2.11. The fourth-order valence-corrected chi connectivity index (χ4v) is 6.68. The van der Waals surface area contributed by atoms with Crippen LogP contribution in [-0.4, -0.2) is 29.1 Å². The lowest BCUT2D eigenvalue weighted by atomic mass is 9.51. The Bertz CT molecular complexity index is 995. The maximum atomic E-state index is 13.0. The fraction of sp³-hybridized carbons (Fsp3) is 0.533. The van der Waals surface area contributed by atoms with Crippen LogP contribution >= 0.6 is 0 Å². The van der Waals surface area contributed by atoms with Crippen LogP contribution in [0.5, 0.6) is 0 Å². The average molecular weight is 477 g/mol. The smallest absolute Gasteiger partial charge is 0.224 e. The van der Waals surface area contributed by atoms with Crippen LogP contribution in [0.1, 0.15) is 57.6 Å². The van der Waals surface area contributed by atoms with Crippen molar-refractivity contribution in [1.82, 2.24) is 10.6 Å². The topological polar surface area (TPSA) is 78.4 Å². The van der Waals surface area contributed by atoms with Gasteiger partial charge in [-0.15, -0.1) is 0 Å². The zero-order valence-electron chi connectivity index (χ0n) is 21.2. The Kier molecular flexibility index (Phi) is 7.95. The molecule has 0 heterocycles. The van der Waals surface area contributed by atoms with Crippen LogP contribution in [0.3, 0.4) is 0 Å². The van der Waals surface area contributed by atoms with E-state index in [0.29, 0.717) is 13.0 Å².